The molecule has 4 aromatic rings. The Morgan fingerprint density at radius 2 is 1.73 bits per heavy atom. The lowest BCUT2D eigenvalue weighted by molar-refractivity contribution is -0.274. The van der Waals surface area contributed by atoms with Crippen molar-refractivity contribution in [2.24, 2.45) is 0 Å². The van der Waals surface area contributed by atoms with E-state index in [1.165, 1.54) is 24.3 Å². The predicted molar refractivity (Wildman–Crippen MR) is 151 cm³/mol. The smallest absolute Gasteiger partial charge is 0.478 e. The highest BCUT2D eigenvalue weighted by atomic mass is 19.4. The van der Waals surface area contributed by atoms with E-state index in [1.54, 1.807) is 24.3 Å². The van der Waals surface area contributed by atoms with Crippen LogP contribution in [0.25, 0.3) is 22.7 Å². The van der Waals surface area contributed by atoms with Crippen LogP contribution < -0.4 is 4.74 Å². The number of benzene rings is 2. The van der Waals surface area contributed by atoms with Crippen molar-refractivity contribution >= 4 is 5.97 Å². The molecule has 0 amide bonds. The van der Waals surface area contributed by atoms with Gasteiger partial charge in [0.05, 0.1) is 17.8 Å². The quantitative estimate of drug-likeness (QED) is 0.190. The van der Waals surface area contributed by atoms with Gasteiger partial charge >= 0.3 is 12.3 Å². The number of alkyl halides is 3. The van der Waals surface area contributed by atoms with E-state index in [2.05, 4.69) is 33.9 Å². The highest BCUT2D eigenvalue weighted by Crippen LogP contribution is 2.48. The summed E-state index contributed by atoms with van der Waals surface area (Å²) in [6.45, 7) is 4.31. The Morgan fingerprint density at radius 3 is 2.36 bits per heavy atom. The van der Waals surface area contributed by atoms with Crippen LogP contribution >= 0.6 is 0 Å². The average Bonchev–Trinajstić information content (AvgIpc) is 3.55. The van der Waals surface area contributed by atoms with Gasteiger partial charge in [0.2, 0.25) is 0 Å². The van der Waals surface area contributed by atoms with E-state index in [4.69, 9.17) is 18.9 Å². The maximum absolute atomic E-state index is 13.2. The van der Waals surface area contributed by atoms with Crippen molar-refractivity contribution in [3.63, 3.8) is 0 Å². The molecule has 44 heavy (non-hydrogen) atoms. The molecule has 2 aliphatic rings. The lowest BCUT2D eigenvalue weighted by Gasteiger charge is -2.43. The van der Waals surface area contributed by atoms with E-state index >= 15 is 0 Å². The third-order valence-corrected chi connectivity index (χ3v) is 8.91. The number of hydrogen-bond acceptors (Lipinski definition) is 8. The number of aromatic carboxylic acids is 1. The topological polar surface area (TPSA) is 121 Å². The van der Waals surface area contributed by atoms with Gasteiger partial charge in [-0.3, -0.25) is 0 Å². The Hall–Kier alpha value is -4.19. The van der Waals surface area contributed by atoms with Crippen molar-refractivity contribution in [2.75, 3.05) is 0 Å². The molecule has 2 aromatic heterocycles. The predicted octanol–water partition coefficient (Wildman–Crippen LogP) is 8.06. The van der Waals surface area contributed by atoms with Crippen LogP contribution in [0.4, 0.5) is 13.2 Å². The molecule has 232 valence electrons. The lowest BCUT2D eigenvalue weighted by atomic mass is 9.68. The molecule has 0 radical (unpaired) electrons. The normalized spacial score (nSPS) is 22.2. The number of carbonyl (C=O) groups is 1. The van der Waals surface area contributed by atoms with Gasteiger partial charge in [0.1, 0.15) is 17.2 Å². The first-order valence-electron chi connectivity index (χ1n) is 14.6. The molecule has 1 N–H and O–H groups in total. The fourth-order valence-corrected chi connectivity index (χ4v) is 5.86. The minimum absolute atomic E-state index is 0.147. The molecule has 0 saturated heterocycles. The number of ether oxygens (including phenoxy) is 2. The van der Waals surface area contributed by atoms with Crippen LogP contribution in [0.1, 0.15) is 92.2 Å². The Bertz CT molecular complexity index is 1630. The maximum atomic E-state index is 13.2. The van der Waals surface area contributed by atoms with Crippen LogP contribution in [-0.4, -0.2) is 38.3 Å². The Labute approximate surface area is 251 Å². The van der Waals surface area contributed by atoms with Gasteiger partial charge in [0.25, 0.3) is 5.89 Å². The van der Waals surface area contributed by atoms with Crippen LogP contribution in [0.15, 0.2) is 57.6 Å². The van der Waals surface area contributed by atoms with Crippen molar-refractivity contribution in [1.29, 1.82) is 0 Å². The molecule has 12 heteroatoms. The molecule has 2 aromatic carbocycles. The number of rotatable bonds is 10. The first-order chi connectivity index (χ1) is 21.0. The van der Waals surface area contributed by atoms with Gasteiger partial charge in [-0.1, -0.05) is 36.3 Å². The number of para-hydroxylation sites is 1. The van der Waals surface area contributed by atoms with Gasteiger partial charge < -0.3 is 23.6 Å². The zero-order chi connectivity index (χ0) is 31.1. The highest BCUT2D eigenvalue weighted by molar-refractivity contribution is 5.88. The Kier molecular flexibility index (Phi) is 7.73. The molecule has 0 atom stereocenters. The van der Waals surface area contributed by atoms with E-state index in [9.17, 15) is 18.0 Å². The number of aromatic nitrogens is 3. The zero-order valence-corrected chi connectivity index (χ0v) is 24.3. The largest absolute Gasteiger partial charge is 0.573 e. The molecule has 0 unspecified atom stereocenters. The van der Waals surface area contributed by atoms with Gasteiger partial charge in [-0.2, -0.15) is 4.98 Å². The molecule has 2 heterocycles. The van der Waals surface area contributed by atoms with Crippen molar-refractivity contribution in [3.05, 3.63) is 71.2 Å². The molecule has 2 saturated carbocycles. The summed E-state index contributed by atoms with van der Waals surface area (Å²) < 4.78 is 61.7. The minimum atomic E-state index is -4.85. The number of hydrogen-bond donors (Lipinski definition) is 1. The first kappa shape index (κ1) is 29.9. The van der Waals surface area contributed by atoms with Crippen molar-refractivity contribution in [3.8, 4) is 28.5 Å². The monoisotopic (exact) mass is 611 g/mol. The lowest BCUT2D eigenvalue weighted by Crippen LogP contribution is -2.42. The van der Waals surface area contributed by atoms with Gasteiger partial charge in [0, 0.05) is 28.0 Å². The van der Waals surface area contributed by atoms with Gasteiger partial charge in [-0.05, 0) is 81.3 Å². The summed E-state index contributed by atoms with van der Waals surface area (Å²) in [4.78, 5) is 15.8. The molecule has 0 aliphatic heterocycles. The van der Waals surface area contributed by atoms with Crippen LogP contribution in [0.2, 0.25) is 0 Å². The summed E-state index contributed by atoms with van der Waals surface area (Å²) in [6.07, 6.45) is 0.629. The second kappa shape index (κ2) is 11.4. The van der Waals surface area contributed by atoms with Gasteiger partial charge in [-0.15, -0.1) is 13.2 Å². The first-order valence-corrected chi connectivity index (χ1v) is 14.6. The van der Waals surface area contributed by atoms with Crippen molar-refractivity contribution in [1.82, 2.24) is 15.3 Å². The van der Waals surface area contributed by atoms with Crippen molar-refractivity contribution < 1.29 is 41.6 Å². The summed E-state index contributed by atoms with van der Waals surface area (Å²) >= 11 is 0. The zero-order valence-electron chi connectivity index (χ0n) is 24.3. The van der Waals surface area contributed by atoms with Crippen LogP contribution in [0.5, 0.6) is 5.75 Å². The molecule has 2 fully saturated rings. The summed E-state index contributed by atoms with van der Waals surface area (Å²) in [7, 11) is 0. The Morgan fingerprint density at radius 1 is 1.02 bits per heavy atom. The SMILES string of the molecule is CCC1(OCc2c(-c3ccccc3OC(F)(F)F)noc2C2CC2)CCC(C)(c2noc(-c3ccc(C(=O)O)cc3)n2)CC1. The number of halogens is 3. The fourth-order valence-electron chi connectivity index (χ4n) is 5.86. The fraction of sp³-hybridized carbons (Fsp3) is 0.438. The molecular weight excluding hydrogens is 579 g/mol. The van der Waals surface area contributed by atoms with Gasteiger partial charge in [-0.25, -0.2) is 4.79 Å². The second-order valence-corrected chi connectivity index (χ2v) is 11.9. The van der Waals surface area contributed by atoms with Crippen LogP contribution in [0.3, 0.4) is 0 Å². The number of carboxylic acid groups (broad SMARTS) is 1. The third-order valence-electron chi connectivity index (χ3n) is 8.91. The second-order valence-electron chi connectivity index (χ2n) is 11.9. The highest BCUT2D eigenvalue weighted by Gasteiger charge is 2.44. The van der Waals surface area contributed by atoms with E-state index in [-0.39, 0.29) is 34.8 Å². The molecule has 2 aliphatic carbocycles. The molecule has 0 bridgehead atoms. The molecule has 0 spiro atoms. The van der Waals surface area contributed by atoms with E-state index in [0.717, 1.165) is 32.1 Å². The number of carboxylic acids is 1. The summed E-state index contributed by atoms with van der Waals surface area (Å²) in [6, 6.07) is 12.2. The van der Waals surface area contributed by atoms with E-state index in [0.29, 0.717) is 47.1 Å². The standard InChI is InChI=1S/C32H32F3N3O6/c1-3-31(16-14-30(2,15-17-31)29-36-27(44-38-29)20-10-12-21(13-11-20)28(39)40)41-18-23-25(37-43-26(23)19-8-9-19)22-6-4-5-7-24(22)42-32(33,34)35/h4-7,10-13,19H,3,8-9,14-18H2,1-2H3,(H,39,40). The van der Waals surface area contributed by atoms with Crippen LogP contribution in [0, 0.1) is 0 Å². The minimum Gasteiger partial charge on any atom is -0.478 e. The summed E-state index contributed by atoms with van der Waals surface area (Å²) in [5.41, 5.74) is 1.14. The van der Waals surface area contributed by atoms with Gasteiger partial charge in [0.15, 0.2) is 5.82 Å². The van der Waals surface area contributed by atoms with E-state index in [1.807, 2.05) is 0 Å². The average molecular weight is 612 g/mol. The maximum Gasteiger partial charge on any atom is 0.573 e. The van der Waals surface area contributed by atoms with Crippen LogP contribution in [-0.2, 0) is 16.8 Å². The van der Waals surface area contributed by atoms with Crippen molar-refractivity contribution in [2.45, 2.75) is 88.7 Å². The summed E-state index contributed by atoms with van der Waals surface area (Å²) in [5.74, 6) is 0.383. The summed E-state index contributed by atoms with van der Waals surface area (Å²) in [5, 5.41) is 17.6. The third kappa shape index (κ3) is 6.08. The number of nitrogens with zero attached hydrogens (tertiary/aromatic N) is 3. The Balaban J connectivity index is 1.18. The van der Waals surface area contributed by atoms with E-state index < -0.39 is 17.9 Å². The molecule has 6 rings (SSSR count). The molecule has 9 nitrogen and oxygen atoms in total. The molecular formula is C32H32F3N3O6.